The number of amides is 2. The maximum atomic E-state index is 13.4. The van der Waals surface area contributed by atoms with Crippen LogP contribution in [-0.4, -0.2) is 88.3 Å². The van der Waals surface area contributed by atoms with E-state index in [9.17, 15) is 18.0 Å². The minimum absolute atomic E-state index is 0.109. The Morgan fingerprint density at radius 3 is 2.74 bits per heavy atom. The van der Waals surface area contributed by atoms with Gasteiger partial charge in [-0.25, -0.2) is 13.1 Å². The lowest BCUT2D eigenvalue weighted by molar-refractivity contribution is -0.175. The summed E-state index contributed by atoms with van der Waals surface area (Å²) in [6.45, 7) is 1.07. The molecule has 0 radical (unpaired) electrons. The molecule has 1 fully saturated rings. The molecule has 0 aliphatic carbocycles. The van der Waals surface area contributed by atoms with Crippen molar-refractivity contribution in [2.75, 3.05) is 52.7 Å². The highest BCUT2D eigenvalue weighted by molar-refractivity contribution is 7.88. The molecule has 1 saturated heterocycles. The summed E-state index contributed by atoms with van der Waals surface area (Å²) in [4.78, 5) is 29.0. The smallest absolute Gasteiger partial charge is 0.256 e. The Labute approximate surface area is 183 Å². The van der Waals surface area contributed by atoms with Crippen LogP contribution in [0.1, 0.15) is 24.8 Å². The fraction of sp³-hybridized carbons (Fsp3) is 0.619. The van der Waals surface area contributed by atoms with Gasteiger partial charge in [0.05, 0.1) is 32.5 Å². The first-order valence-corrected chi connectivity index (χ1v) is 12.4. The van der Waals surface area contributed by atoms with Gasteiger partial charge in [-0.15, -0.1) is 0 Å². The molecule has 2 heterocycles. The van der Waals surface area contributed by atoms with Gasteiger partial charge >= 0.3 is 0 Å². The van der Waals surface area contributed by atoms with Crippen LogP contribution in [0.4, 0.5) is 0 Å². The van der Waals surface area contributed by atoms with E-state index in [2.05, 4.69) is 10.8 Å². The quantitative estimate of drug-likeness (QED) is 0.710. The van der Waals surface area contributed by atoms with Crippen LogP contribution in [0.25, 0.3) is 0 Å². The first kappa shape index (κ1) is 23.5. The molecule has 1 aromatic rings. The molecule has 9 nitrogen and oxygen atoms in total. The lowest BCUT2D eigenvalue weighted by Crippen LogP contribution is -2.62. The van der Waals surface area contributed by atoms with Gasteiger partial charge in [0, 0.05) is 13.6 Å². The van der Waals surface area contributed by atoms with Crippen molar-refractivity contribution >= 4 is 21.8 Å². The average molecular weight is 454 g/mol. The number of fused-ring (bicyclic) bond motifs is 1. The van der Waals surface area contributed by atoms with Gasteiger partial charge in [-0.1, -0.05) is 18.2 Å². The summed E-state index contributed by atoms with van der Waals surface area (Å²) >= 11 is 0. The fourth-order valence-electron chi connectivity index (χ4n) is 4.01. The van der Waals surface area contributed by atoms with E-state index in [0.29, 0.717) is 26.1 Å². The molecule has 0 aromatic heterocycles. The normalized spacial score (nSPS) is 23.5. The zero-order valence-electron chi connectivity index (χ0n) is 18.1. The van der Waals surface area contributed by atoms with Crippen LogP contribution in [0.2, 0.25) is 0 Å². The Kier molecular flexibility index (Phi) is 7.55. The number of morpholine rings is 1. The number of nitrogens with one attached hydrogen (secondary N) is 1. The molecule has 1 N–H and O–H groups in total. The number of benzene rings is 1. The number of hydrogen-bond donors (Lipinski definition) is 1. The van der Waals surface area contributed by atoms with E-state index >= 15 is 0 Å². The predicted octanol–water partition coefficient (Wildman–Crippen LogP) is 0.397. The van der Waals surface area contributed by atoms with E-state index < -0.39 is 15.6 Å². The Morgan fingerprint density at radius 2 is 1.97 bits per heavy atom. The highest BCUT2D eigenvalue weighted by Crippen LogP contribution is 2.29. The summed E-state index contributed by atoms with van der Waals surface area (Å²) in [6.07, 6.45) is 3.93. The van der Waals surface area contributed by atoms with Gasteiger partial charge in [0.1, 0.15) is 12.4 Å². The maximum Gasteiger partial charge on any atom is 0.256 e. The molecule has 1 unspecified atom stereocenters. The second-order valence-corrected chi connectivity index (χ2v) is 9.97. The first-order valence-electron chi connectivity index (χ1n) is 10.5. The lowest BCUT2D eigenvalue weighted by atomic mass is 9.91. The summed E-state index contributed by atoms with van der Waals surface area (Å²) in [6, 6.07) is 7.93. The van der Waals surface area contributed by atoms with Crippen molar-refractivity contribution in [1.82, 2.24) is 14.5 Å². The van der Waals surface area contributed by atoms with Crippen molar-refractivity contribution in [3.8, 4) is 5.75 Å². The molecule has 2 amide bonds. The molecule has 1 aromatic carbocycles. The molecule has 0 saturated carbocycles. The van der Waals surface area contributed by atoms with Gasteiger partial charge in [-0.2, -0.15) is 0 Å². The highest BCUT2D eigenvalue weighted by Gasteiger charge is 2.46. The van der Waals surface area contributed by atoms with Gasteiger partial charge in [-0.3, -0.25) is 9.59 Å². The van der Waals surface area contributed by atoms with E-state index in [-0.39, 0.29) is 31.5 Å². The van der Waals surface area contributed by atoms with Crippen LogP contribution in [0.3, 0.4) is 0 Å². The van der Waals surface area contributed by atoms with Gasteiger partial charge in [0.25, 0.3) is 5.91 Å². The van der Waals surface area contributed by atoms with Crippen LogP contribution < -0.4 is 9.46 Å². The third kappa shape index (κ3) is 6.18. The molecule has 31 heavy (non-hydrogen) atoms. The number of hydrogen-bond acceptors (Lipinski definition) is 6. The highest BCUT2D eigenvalue weighted by atomic mass is 32.2. The van der Waals surface area contributed by atoms with Crippen molar-refractivity contribution in [3.63, 3.8) is 0 Å². The molecule has 0 bridgehead atoms. The van der Waals surface area contributed by atoms with E-state index in [0.717, 1.165) is 36.8 Å². The van der Waals surface area contributed by atoms with Crippen LogP contribution in [0, 0.1) is 0 Å². The van der Waals surface area contributed by atoms with E-state index in [1.54, 1.807) is 11.9 Å². The number of carbonyl (C=O) groups is 2. The van der Waals surface area contributed by atoms with Gasteiger partial charge < -0.3 is 19.3 Å². The Morgan fingerprint density at radius 1 is 1.19 bits per heavy atom. The molecule has 10 heteroatoms. The Balaban J connectivity index is 1.75. The zero-order chi connectivity index (χ0) is 22.5. The summed E-state index contributed by atoms with van der Waals surface area (Å²) in [5, 5.41) is 0. The number of carbonyl (C=O) groups excluding carboxylic acids is 2. The van der Waals surface area contributed by atoms with Crippen molar-refractivity contribution < 1.29 is 27.5 Å². The summed E-state index contributed by atoms with van der Waals surface area (Å²) in [7, 11) is -1.77. The second-order valence-electron chi connectivity index (χ2n) is 8.14. The average Bonchev–Trinajstić information content (AvgIpc) is 2.74. The lowest BCUT2D eigenvalue weighted by Gasteiger charge is -2.43. The van der Waals surface area contributed by atoms with E-state index in [1.165, 1.54) is 4.90 Å². The van der Waals surface area contributed by atoms with Crippen molar-refractivity contribution in [1.29, 1.82) is 0 Å². The topological polar surface area (TPSA) is 105 Å². The zero-order valence-corrected chi connectivity index (χ0v) is 18.9. The number of sulfonamides is 1. The number of rotatable bonds is 3. The van der Waals surface area contributed by atoms with Crippen LogP contribution in [0.15, 0.2) is 24.3 Å². The molecular weight excluding hydrogens is 422 g/mol. The van der Waals surface area contributed by atoms with Crippen LogP contribution in [-0.2, 0) is 30.8 Å². The standard InChI is InChI=1S/C21H31N3O6S/c1-23-11-13-29-18-9-4-3-7-17(18)8-5-6-10-21(20(23)26)16-24(12-14-30-21)19(25)15-22-31(2,27)28/h3-4,7,9,22H,5-6,8,10-16H2,1-2H3. The van der Waals surface area contributed by atoms with Gasteiger partial charge in [-0.05, 0) is 37.3 Å². The van der Waals surface area contributed by atoms with Crippen molar-refractivity contribution in [3.05, 3.63) is 29.8 Å². The minimum atomic E-state index is -3.48. The van der Waals surface area contributed by atoms with Crippen LogP contribution in [0.5, 0.6) is 5.75 Å². The van der Waals surface area contributed by atoms with Crippen molar-refractivity contribution in [2.24, 2.45) is 0 Å². The summed E-state index contributed by atoms with van der Waals surface area (Å²) < 4.78 is 36.8. The third-order valence-corrected chi connectivity index (χ3v) is 6.36. The molecule has 1 atom stereocenters. The SMILES string of the molecule is CN1CCOc2ccccc2CCCCC2(CN(C(=O)CNS(C)(=O)=O)CCO2)C1=O. The molecule has 172 valence electrons. The molecular formula is C21H31N3O6S. The van der Waals surface area contributed by atoms with Crippen LogP contribution >= 0.6 is 0 Å². The number of aryl methyl sites for hydroxylation is 1. The second kappa shape index (κ2) is 9.97. The Bertz CT molecular complexity index is 906. The molecule has 3 rings (SSSR count). The predicted molar refractivity (Wildman–Crippen MR) is 115 cm³/mol. The minimum Gasteiger partial charge on any atom is -0.491 e. The Hall–Kier alpha value is -2.17. The fourth-order valence-corrected chi connectivity index (χ4v) is 4.39. The summed E-state index contributed by atoms with van der Waals surface area (Å²) in [5.74, 6) is 0.299. The number of likely N-dealkylation sites (N-methyl/N-ethyl adjacent to an activating group) is 1. The number of ether oxygens (including phenoxy) is 2. The largest absolute Gasteiger partial charge is 0.491 e. The summed E-state index contributed by atoms with van der Waals surface area (Å²) in [5.41, 5.74) is 0.00578. The monoisotopic (exact) mass is 453 g/mol. The third-order valence-electron chi connectivity index (χ3n) is 5.69. The van der Waals surface area contributed by atoms with Gasteiger partial charge in [0.2, 0.25) is 15.9 Å². The molecule has 2 aliphatic heterocycles. The van der Waals surface area contributed by atoms with E-state index in [1.807, 2.05) is 18.2 Å². The number of nitrogens with zero attached hydrogens (tertiary/aromatic N) is 2. The maximum absolute atomic E-state index is 13.4. The van der Waals surface area contributed by atoms with E-state index in [4.69, 9.17) is 9.47 Å². The molecule has 1 spiro atoms. The first-order chi connectivity index (χ1) is 14.7. The van der Waals surface area contributed by atoms with Gasteiger partial charge in [0.15, 0.2) is 5.60 Å². The number of para-hydroxylation sites is 1. The molecule has 2 aliphatic rings. The van der Waals surface area contributed by atoms with Crippen molar-refractivity contribution in [2.45, 2.75) is 31.3 Å².